The highest BCUT2D eigenvalue weighted by Crippen LogP contribution is 2.15. The number of hydrogen-bond donors (Lipinski definition) is 2. The topological polar surface area (TPSA) is 52.6 Å². The van der Waals surface area contributed by atoms with Gasteiger partial charge >= 0.3 is 0 Å². The van der Waals surface area contributed by atoms with Gasteiger partial charge in [0.2, 0.25) is 5.91 Å². The van der Waals surface area contributed by atoms with Crippen molar-refractivity contribution in [3.05, 3.63) is 65.7 Å². The van der Waals surface area contributed by atoms with Crippen molar-refractivity contribution >= 4 is 11.6 Å². The molecule has 0 spiro atoms. The van der Waals surface area contributed by atoms with Crippen LogP contribution in [0.4, 0.5) is 5.69 Å². The first-order valence-electron chi connectivity index (χ1n) is 7.84. The molecule has 0 aliphatic rings. The summed E-state index contributed by atoms with van der Waals surface area (Å²) in [6.07, 6.45) is -0.391. The minimum Gasteiger partial charge on any atom is -0.392 e. The number of hydrogen-bond acceptors (Lipinski definition) is 3. The van der Waals surface area contributed by atoms with Crippen LogP contribution in [0.15, 0.2) is 54.6 Å². The van der Waals surface area contributed by atoms with E-state index in [0.717, 1.165) is 17.8 Å². The lowest BCUT2D eigenvalue weighted by molar-refractivity contribution is -0.114. The molecule has 0 aromatic heterocycles. The number of amides is 1. The van der Waals surface area contributed by atoms with E-state index in [1.807, 2.05) is 42.5 Å². The normalized spacial score (nSPS) is 12.2. The first-order chi connectivity index (χ1) is 11.0. The molecule has 2 aromatic rings. The zero-order valence-corrected chi connectivity index (χ0v) is 13.7. The van der Waals surface area contributed by atoms with E-state index >= 15 is 0 Å². The van der Waals surface area contributed by atoms with Crippen LogP contribution in [0.1, 0.15) is 25.0 Å². The smallest absolute Gasteiger partial charge is 0.221 e. The molecule has 0 bridgehead atoms. The molecule has 122 valence electrons. The van der Waals surface area contributed by atoms with E-state index in [2.05, 4.69) is 22.3 Å². The molecule has 0 radical (unpaired) electrons. The van der Waals surface area contributed by atoms with Gasteiger partial charge in [-0.05, 0) is 30.2 Å². The standard InChI is InChI=1S/C19H24N2O2/c1-15(22)12-21(13-17-7-4-3-5-8-17)14-18-9-6-10-19(11-18)20-16(2)23/h3-11,15,22H,12-14H2,1-2H3,(H,20,23)/t15-/m1/s1. The van der Waals surface area contributed by atoms with Crippen molar-refractivity contribution < 1.29 is 9.90 Å². The Morgan fingerprint density at radius 2 is 1.74 bits per heavy atom. The minimum absolute atomic E-state index is 0.0766. The van der Waals surface area contributed by atoms with Gasteiger partial charge in [0.05, 0.1) is 6.10 Å². The maximum absolute atomic E-state index is 11.2. The van der Waals surface area contributed by atoms with Crippen LogP contribution in [0.2, 0.25) is 0 Å². The number of nitrogens with one attached hydrogen (secondary N) is 1. The van der Waals surface area contributed by atoms with Crippen LogP contribution in [0.25, 0.3) is 0 Å². The van der Waals surface area contributed by atoms with Gasteiger partial charge in [-0.25, -0.2) is 0 Å². The number of carbonyl (C=O) groups is 1. The van der Waals surface area contributed by atoms with Gasteiger partial charge in [-0.1, -0.05) is 42.5 Å². The van der Waals surface area contributed by atoms with Gasteiger partial charge in [-0.15, -0.1) is 0 Å². The second kappa shape index (κ2) is 8.46. The first kappa shape index (κ1) is 17.2. The fourth-order valence-corrected chi connectivity index (χ4v) is 2.61. The number of rotatable bonds is 7. The summed E-state index contributed by atoms with van der Waals surface area (Å²) < 4.78 is 0. The average Bonchev–Trinajstić information content (AvgIpc) is 2.47. The predicted molar refractivity (Wildman–Crippen MR) is 93.0 cm³/mol. The second-order valence-corrected chi connectivity index (χ2v) is 5.89. The van der Waals surface area contributed by atoms with Gasteiger partial charge in [-0.2, -0.15) is 0 Å². The third-order valence-corrected chi connectivity index (χ3v) is 3.42. The first-order valence-corrected chi connectivity index (χ1v) is 7.84. The number of anilines is 1. The highest BCUT2D eigenvalue weighted by atomic mass is 16.3. The van der Waals surface area contributed by atoms with Crippen molar-refractivity contribution in [2.45, 2.75) is 33.0 Å². The van der Waals surface area contributed by atoms with Crippen LogP contribution in [0.5, 0.6) is 0 Å². The lowest BCUT2D eigenvalue weighted by Gasteiger charge is -2.24. The Bertz CT molecular complexity index is 626. The van der Waals surface area contributed by atoms with E-state index in [4.69, 9.17) is 0 Å². The molecule has 2 aromatic carbocycles. The molecule has 4 nitrogen and oxygen atoms in total. The Labute approximate surface area is 137 Å². The highest BCUT2D eigenvalue weighted by Gasteiger charge is 2.10. The van der Waals surface area contributed by atoms with Crippen molar-refractivity contribution in [2.75, 3.05) is 11.9 Å². The van der Waals surface area contributed by atoms with Gasteiger partial charge in [0.15, 0.2) is 0 Å². The SMILES string of the molecule is CC(=O)Nc1cccc(CN(Cc2ccccc2)C[C@@H](C)O)c1. The zero-order valence-electron chi connectivity index (χ0n) is 13.7. The van der Waals surface area contributed by atoms with Crippen molar-refractivity contribution in [3.63, 3.8) is 0 Å². The Kier molecular flexibility index (Phi) is 6.32. The maximum Gasteiger partial charge on any atom is 0.221 e. The molecule has 0 saturated carbocycles. The third-order valence-electron chi connectivity index (χ3n) is 3.42. The Morgan fingerprint density at radius 1 is 1.09 bits per heavy atom. The van der Waals surface area contributed by atoms with Crippen molar-refractivity contribution in [2.24, 2.45) is 0 Å². The van der Waals surface area contributed by atoms with E-state index in [-0.39, 0.29) is 5.91 Å². The lowest BCUT2D eigenvalue weighted by Crippen LogP contribution is -2.30. The fraction of sp³-hybridized carbons (Fsp3) is 0.316. The van der Waals surface area contributed by atoms with Crippen molar-refractivity contribution in [3.8, 4) is 0 Å². The van der Waals surface area contributed by atoms with Gasteiger partial charge in [-0.3, -0.25) is 9.69 Å². The summed E-state index contributed by atoms with van der Waals surface area (Å²) in [7, 11) is 0. The molecular weight excluding hydrogens is 288 g/mol. The molecule has 23 heavy (non-hydrogen) atoms. The summed E-state index contributed by atoms with van der Waals surface area (Å²) in [4.78, 5) is 13.4. The monoisotopic (exact) mass is 312 g/mol. The predicted octanol–water partition coefficient (Wildman–Crippen LogP) is 3.03. The van der Waals surface area contributed by atoms with E-state index < -0.39 is 6.10 Å². The van der Waals surface area contributed by atoms with Gasteiger partial charge < -0.3 is 10.4 Å². The van der Waals surface area contributed by atoms with Gasteiger partial charge in [0, 0.05) is 32.2 Å². The largest absolute Gasteiger partial charge is 0.392 e. The molecule has 0 aliphatic heterocycles. The third kappa shape index (κ3) is 6.22. The molecule has 2 N–H and O–H groups in total. The zero-order chi connectivity index (χ0) is 16.7. The van der Waals surface area contributed by atoms with E-state index in [1.54, 1.807) is 6.92 Å². The Morgan fingerprint density at radius 3 is 2.39 bits per heavy atom. The maximum atomic E-state index is 11.2. The molecule has 2 rings (SSSR count). The lowest BCUT2D eigenvalue weighted by atomic mass is 10.1. The summed E-state index contributed by atoms with van der Waals surface area (Å²) >= 11 is 0. The molecule has 1 atom stereocenters. The summed E-state index contributed by atoms with van der Waals surface area (Å²) in [6.45, 7) is 5.39. The number of carbonyl (C=O) groups excluding carboxylic acids is 1. The molecule has 0 unspecified atom stereocenters. The fourth-order valence-electron chi connectivity index (χ4n) is 2.61. The summed E-state index contributed by atoms with van der Waals surface area (Å²) in [5.74, 6) is -0.0766. The molecule has 0 fully saturated rings. The number of benzene rings is 2. The quantitative estimate of drug-likeness (QED) is 0.826. The molecule has 0 saturated heterocycles. The molecule has 1 amide bonds. The van der Waals surface area contributed by atoms with Gasteiger partial charge in [0.1, 0.15) is 0 Å². The minimum atomic E-state index is -0.391. The van der Waals surface area contributed by atoms with E-state index in [9.17, 15) is 9.90 Å². The molecule has 4 heteroatoms. The van der Waals surface area contributed by atoms with Crippen LogP contribution in [-0.2, 0) is 17.9 Å². The van der Waals surface area contributed by atoms with E-state index in [0.29, 0.717) is 13.1 Å². The van der Waals surface area contributed by atoms with Crippen LogP contribution in [-0.4, -0.2) is 28.6 Å². The highest BCUT2D eigenvalue weighted by molar-refractivity contribution is 5.88. The van der Waals surface area contributed by atoms with Crippen LogP contribution in [0.3, 0.4) is 0 Å². The molecular formula is C19H24N2O2. The Balaban J connectivity index is 2.09. The molecule has 0 aliphatic carbocycles. The number of nitrogens with zero attached hydrogens (tertiary/aromatic N) is 1. The number of aliphatic hydroxyl groups is 1. The average molecular weight is 312 g/mol. The van der Waals surface area contributed by atoms with E-state index in [1.165, 1.54) is 12.5 Å². The summed E-state index contributed by atoms with van der Waals surface area (Å²) in [5, 5.41) is 12.6. The van der Waals surface area contributed by atoms with Crippen molar-refractivity contribution in [1.82, 2.24) is 4.90 Å². The van der Waals surface area contributed by atoms with Crippen LogP contribution >= 0.6 is 0 Å². The molecule has 0 heterocycles. The second-order valence-electron chi connectivity index (χ2n) is 5.89. The Hall–Kier alpha value is -2.17. The van der Waals surface area contributed by atoms with Crippen LogP contribution in [0, 0.1) is 0 Å². The van der Waals surface area contributed by atoms with Crippen molar-refractivity contribution in [1.29, 1.82) is 0 Å². The van der Waals surface area contributed by atoms with Gasteiger partial charge in [0.25, 0.3) is 0 Å². The summed E-state index contributed by atoms with van der Waals surface area (Å²) in [5.41, 5.74) is 3.12. The van der Waals surface area contributed by atoms with Crippen LogP contribution < -0.4 is 5.32 Å². The summed E-state index contributed by atoms with van der Waals surface area (Å²) in [6, 6.07) is 18.0. The number of aliphatic hydroxyl groups excluding tert-OH is 1.